The van der Waals surface area contributed by atoms with Gasteiger partial charge in [0.1, 0.15) is 10.9 Å². The fourth-order valence-corrected chi connectivity index (χ4v) is 5.52. The van der Waals surface area contributed by atoms with Crippen LogP contribution in [-0.4, -0.2) is 84.2 Å². The van der Waals surface area contributed by atoms with Gasteiger partial charge in [0.15, 0.2) is 23.6 Å². The van der Waals surface area contributed by atoms with Crippen LogP contribution in [0.4, 0.5) is 4.39 Å². The van der Waals surface area contributed by atoms with Crippen LogP contribution in [0.25, 0.3) is 10.9 Å². The molecule has 0 amide bonds. The molecule has 0 aliphatic carbocycles. The number of Topliss-reactive ketones (excluding diaryl/α,β-unsaturated/α-hetero) is 1. The molecule has 0 spiro atoms. The number of thioether (sulfide) groups is 1. The first-order valence-electron chi connectivity index (χ1n) is 11.0. The van der Waals surface area contributed by atoms with Crippen LogP contribution in [0.2, 0.25) is 0 Å². The van der Waals surface area contributed by atoms with Crippen molar-refractivity contribution in [2.45, 2.75) is 30.5 Å². The summed E-state index contributed by atoms with van der Waals surface area (Å²) < 4.78 is 19.6. The van der Waals surface area contributed by atoms with Gasteiger partial charge >= 0.3 is 0 Å². The standard InChI is InChI=1S/C17H13FN2O3S2.C7H16N2O/c1-9-19-11-4-5-13(23-2)16(18)15(11)17(20-9)24-8-12(22)14-6-3-10(7-21)25-14;1-8-6-3-4-9(2)5-7(6)10/h3-7H,8H2,1-2H3;6-8,10H,3-5H2,1-2H3. The van der Waals surface area contributed by atoms with Crippen LogP contribution in [0.3, 0.4) is 0 Å². The molecule has 0 bridgehead atoms. The molecule has 2 unspecified atom stereocenters. The van der Waals surface area contributed by atoms with E-state index in [0.29, 0.717) is 38.4 Å². The van der Waals surface area contributed by atoms with Gasteiger partial charge in [0, 0.05) is 12.6 Å². The third-order valence-electron chi connectivity index (χ3n) is 5.58. The molecule has 2 N–H and O–H groups in total. The number of aliphatic hydroxyl groups excluding tert-OH is 1. The smallest absolute Gasteiger partial charge is 0.183 e. The van der Waals surface area contributed by atoms with Crippen molar-refractivity contribution in [3.8, 4) is 5.75 Å². The van der Waals surface area contributed by atoms with Crippen molar-refractivity contribution in [3.05, 3.63) is 45.7 Å². The molecule has 1 aliphatic heterocycles. The lowest BCUT2D eigenvalue weighted by molar-refractivity contribution is 0.0549. The van der Waals surface area contributed by atoms with Crippen LogP contribution in [0.1, 0.15) is 31.6 Å². The van der Waals surface area contributed by atoms with Gasteiger partial charge in [-0.25, -0.2) is 14.4 Å². The zero-order valence-electron chi connectivity index (χ0n) is 20.1. The number of thiophene rings is 1. The Morgan fingerprint density at radius 3 is 2.77 bits per heavy atom. The maximum Gasteiger partial charge on any atom is 0.183 e. The quantitative estimate of drug-likeness (QED) is 0.210. The van der Waals surface area contributed by atoms with Crippen molar-refractivity contribution in [1.82, 2.24) is 20.2 Å². The maximum atomic E-state index is 14.6. The SMILES string of the molecule is CNC1CCN(C)CC1O.COc1ccc2nc(C)nc(SCC(=O)c3ccc(C=O)s3)c2c1F. The monoisotopic (exact) mass is 520 g/mol. The molecule has 0 saturated carbocycles. The van der Waals surface area contributed by atoms with Gasteiger partial charge in [-0.3, -0.25) is 9.59 Å². The normalized spacial score (nSPS) is 18.1. The fourth-order valence-electron chi connectivity index (χ4n) is 3.71. The Hall–Kier alpha value is -2.44. The molecule has 0 radical (unpaired) electrons. The number of carbonyl (C=O) groups is 2. The summed E-state index contributed by atoms with van der Waals surface area (Å²) in [5, 5.41) is 13.2. The number of piperidine rings is 1. The second-order valence-corrected chi connectivity index (χ2v) is 10.2. The van der Waals surface area contributed by atoms with E-state index in [-0.39, 0.29) is 28.8 Å². The summed E-state index contributed by atoms with van der Waals surface area (Å²) in [6, 6.07) is 6.69. The van der Waals surface area contributed by atoms with Gasteiger partial charge in [-0.1, -0.05) is 11.8 Å². The van der Waals surface area contributed by atoms with Crippen LogP contribution in [0.5, 0.6) is 5.75 Å². The Labute approximate surface area is 211 Å². The number of halogens is 1. The molecule has 11 heteroatoms. The molecule has 1 saturated heterocycles. The molecule has 1 aromatic carbocycles. The highest BCUT2D eigenvalue weighted by atomic mass is 32.2. The predicted octanol–water partition coefficient (Wildman–Crippen LogP) is 3.21. The molecule has 8 nitrogen and oxygen atoms in total. The number of hydrogen-bond donors (Lipinski definition) is 2. The van der Waals surface area contributed by atoms with E-state index in [0.717, 1.165) is 42.6 Å². The highest BCUT2D eigenvalue weighted by Crippen LogP contribution is 2.32. The number of aliphatic hydroxyl groups is 1. The van der Waals surface area contributed by atoms with Crippen molar-refractivity contribution in [3.63, 3.8) is 0 Å². The molecule has 4 rings (SSSR count). The molecule has 2 aromatic heterocycles. The number of methoxy groups -OCH3 is 1. The number of ether oxygens (including phenoxy) is 1. The minimum atomic E-state index is -0.547. The Morgan fingerprint density at radius 1 is 1.37 bits per heavy atom. The molecule has 2 atom stereocenters. The average Bonchev–Trinajstić information content (AvgIpc) is 3.32. The molecule has 3 aromatic rings. The number of nitrogens with zero attached hydrogens (tertiary/aromatic N) is 3. The number of aldehydes is 1. The van der Waals surface area contributed by atoms with Gasteiger partial charge in [0.05, 0.1) is 39.6 Å². The Kier molecular flexibility index (Phi) is 9.70. The van der Waals surface area contributed by atoms with E-state index >= 15 is 0 Å². The summed E-state index contributed by atoms with van der Waals surface area (Å²) in [4.78, 5) is 34.7. The Morgan fingerprint density at radius 2 is 2.14 bits per heavy atom. The number of carbonyl (C=O) groups excluding carboxylic acids is 2. The second-order valence-electron chi connectivity index (χ2n) is 8.10. The zero-order chi connectivity index (χ0) is 25.5. The first-order valence-corrected chi connectivity index (χ1v) is 12.8. The third kappa shape index (κ3) is 6.83. The summed E-state index contributed by atoms with van der Waals surface area (Å²) >= 11 is 2.27. The van der Waals surface area contributed by atoms with Crippen LogP contribution >= 0.6 is 23.1 Å². The summed E-state index contributed by atoms with van der Waals surface area (Å²) in [6.45, 7) is 3.59. The van der Waals surface area contributed by atoms with E-state index in [9.17, 15) is 19.1 Å². The van der Waals surface area contributed by atoms with Gasteiger partial charge in [0.25, 0.3) is 0 Å². The van der Waals surface area contributed by atoms with E-state index in [1.165, 1.54) is 13.2 Å². The minimum absolute atomic E-state index is 0.0843. The zero-order valence-corrected chi connectivity index (χ0v) is 21.7. The van der Waals surface area contributed by atoms with Crippen LogP contribution in [0.15, 0.2) is 29.3 Å². The number of aryl methyl sites for hydroxylation is 1. The van der Waals surface area contributed by atoms with E-state index in [2.05, 4.69) is 20.2 Å². The number of fused-ring (bicyclic) bond motifs is 1. The second kappa shape index (κ2) is 12.5. The van der Waals surface area contributed by atoms with Gasteiger partial charge in [-0.2, -0.15) is 0 Å². The molecule has 35 heavy (non-hydrogen) atoms. The number of nitrogens with one attached hydrogen (secondary N) is 1. The highest BCUT2D eigenvalue weighted by molar-refractivity contribution is 8.00. The third-order valence-corrected chi connectivity index (χ3v) is 7.60. The van der Waals surface area contributed by atoms with Crippen molar-refractivity contribution in [2.24, 2.45) is 0 Å². The van der Waals surface area contributed by atoms with Gasteiger partial charge in [0.2, 0.25) is 0 Å². The number of rotatable bonds is 7. The minimum Gasteiger partial charge on any atom is -0.494 e. The largest absolute Gasteiger partial charge is 0.494 e. The van der Waals surface area contributed by atoms with Crippen molar-refractivity contribution < 1.29 is 23.8 Å². The summed E-state index contributed by atoms with van der Waals surface area (Å²) in [5.74, 6) is -0.0142. The number of likely N-dealkylation sites (N-methyl/N-ethyl adjacent to an activating group) is 2. The topological polar surface area (TPSA) is 105 Å². The van der Waals surface area contributed by atoms with Gasteiger partial charge in [-0.15, -0.1) is 11.3 Å². The first kappa shape index (κ1) is 27.2. The van der Waals surface area contributed by atoms with E-state index in [1.54, 1.807) is 25.1 Å². The van der Waals surface area contributed by atoms with Gasteiger partial charge in [-0.05, 0) is 58.3 Å². The summed E-state index contributed by atoms with van der Waals surface area (Å²) in [7, 11) is 5.32. The molecule has 3 heterocycles. The number of benzene rings is 1. The Balaban J connectivity index is 0.000000287. The number of likely N-dealkylation sites (tertiary alicyclic amines) is 1. The average molecular weight is 521 g/mol. The van der Waals surface area contributed by atoms with E-state index in [4.69, 9.17) is 4.74 Å². The fraction of sp³-hybridized carbons (Fsp3) is 0.417. The summed E-state index contributed by atoms with van der Waals surface area (Å²) in [5.41, 5.74) is 0.458. The van der Waals surface area contributed by atoms with Crippen LogP contribution in [0, 0.1) is 12.7 Å². The van der Waals surface area contributed by atoms with Crippen LogP contribution < -0.4 is 10.1 Å². The molecular formula is C24H29FN4O4S2. The number of aromatic nitrogens is 2. The maximum absolute atomic E-state index is 14.6. The van der Waals surface area contributed by atoms with Crippen molar-refractivity contribution in [2.75, 3.05) is 40.0 Å². The van der Waals surface area contributed by atoms with Crippen molar-refractivity contribution >= 4 is 46.1 Å². The van der Waals surface area contributed by atoms with Crippen molar-refractivity contribution in [1.29, 1.82) is 0 Å². The number of β-amino-alcohol motifs (C(OH)–C–C–N with tert-alkyl or cyclic N) is 1. The Bertz CT molecular complexity index is 1190. The molecule has 188 valence electrons. The molecular weight excluding hydrogens is 491 g/mol. The molecule has 1 aliphatic rings. The van der Waals surface area contributed by atoms with Crippen LogP contribution in [-0.2, 0) is 0 Å². The van der Waals surface area contributed by atoms with E-state index < -0.39 is 5.82 Å². The predicted molar refractivity (Wildman–Crippen MR) is 137 cm³/mol. The lowest BCUT2D eigenvalue weighted by atomic mass is 10.0. The number of hydrogen-bond acceptors (Lipinski definition) is 10. The summed E-state index contributed by atoms with van der Waals surface area (Å²) in [6.07, 6.45) is 1.56. The molecule has 1 fully saturated rings. The van der Waals surface area contributed by atoms with Gasteiger partial charge < -0.3 is 20.1 Å². The highest BCUT2D eigenvalue weighted by Gasteiger charge is 2.23. The lowest BCUT2D eigenvalue weighted by Gasteiger charge is -2.33. The lowest BCUT2D eigenvalue weighted by Crippen LogP contribution is -2.50. The number of ketones is 1. The van der Waals surface area contributed by atoms with E-state index in [1.807, 2.05) is 14.1 Å². The first-order chi connectivity index (χ1) is 16.8.